The van der Waals surface area contributed by atoms with Crippen LogP contribution in [0.2, 0.25) is 0 Å². The lowest BCUT2D eigenvalue weighted by Gasteiger charge is -2.12. The van der Waals surface area contributed by atoms with Crippen molar-refractivity contribution in [2.24, 2.45) is 0 Å². The van der Waals surface area contributed by atoms with Gasteiger partial charge in [-0.05, 0) is 19.9 Å². The molecule has 2 rings (SSSR count). The third-order valence-electron chi connectivity index (χ3n) is 2.63. The number of aliphatic hydroxyl groups is 1. The molecule has 1 unspecified atom stereocenters. The SMILES string of the molecule is Cc1nc(C)n(CC(O)c2ccc(F)cc2F)n1. The number of aryl methyl sites for hydroxylation is 2. The van der Waals surface area contributed by atoms with E-state index in [0.717, 1.165) is 12.1 Å². The van der Waals surface area contributed by atoms with Crippen LogP contribution in [0.3, 0.4) is 0 Å². The molecule has 0 radical (unpaired) electrons. The highest BCUT2D eigenvalue weighted by molar-refractivity contribution is 5.20. The Bertz CT molecular complexity index is 568. The summed E-state index contributed by atoms with van der Waals surface area (Å²) in [6.45, 7) is 3.55. The monoisotopic (exact) mass is 253 g/mol. The molecule has 0 aliphatic rings. The Morgan fingerprint density at radius 2 is 2.06 bits per heavy atom. The summed E-state index contributed by atoms with van der Waals surface area (Å²) in [4.78, 5) is 4.08. The molecule has 0 saturated carbocycles. The fourth-order valence-electron chi connectivity index (χ4n) is 1.77. The van der Waals surface area contributed by atoms with Crippen LogP contribution in [0.25, 0.3) is 0 Å². The Morgan fingerprint density at radius 1 is 1.33 bits per heavy atom. The second-order valence-electron chi connectivity index (χ2n) is 4.07. The minimum atomic E-state index is -1.09. The number of halogens is 2. The summed E-state index contributed by atoms with van der Waals surface area (Å²) < 4.78 is 27.7. The van der Waals surface area contributed by atoms with Gasteiger partial charge in [-0.1, -0.05) is 6.07 Å². The Morgan fingerprint density at radius 3 is 2.61 bits per heavy atom. The van der Waals surface area contributed by atoms with Gasteiger partial charge in [-0.15, -0.1) is 0 Å². The molecule has 4 nitrogen and oxygen atoms in total. The van der Waals surface area contributed by atoms with Gasteiger partial charge in [0, 0.05) is 11.6 Å². The summed E-state index contributed by atoms with van der Waals surface area (Å²) in [6, 6.07) is 3.09. The smallest absolute Gasteiger partial charge is 0.147 e. The molecule has 1 N–H and O–H groups in total. The number of hydrogen-bond donors (Lipinski definition) is 1. The Kier molecular flexibility index (Phi) is 3.38. The zero-order chi connectivity index (χ0) is 13.3. The van der Waals surface area contributed by atoms with E-state index in [1.54, 1.807) is 13.8 Å². The van der Waals surface area contributed by atoms with Crippen molar-refractivity contribution in [2.45, 2.75) is 26.5 Å². The summed E-state index contributed by atoms with van der Waals surface area (Å²) in [5.41, 5.74) is 0.0453. The first-order valence-corrected chi connectivity index (χ1v) is 5.48. The van der Waals surface area contributed by atoms with Gasteiger partial charge in [0.15, 0.2) is 0 Å². The summed E-state index contributed by atoms with van der Waals surface area (Å²) >= 11 is 0. The van der Waals surface area contributed by atoms with Crippen LogP contribution in [0.15, 0.2) is 18.2 Å². The summed E-state index contributed by atoms with van der Waals surface area (Å²) in [7, 11) is 0. The fourth-order valence-corrected chi connectivity index (χ4v) is 1.77. The van der Waals surface area contributed by atoms with Crippen molar-refractivity contribution in [2.75, 3.05) is 0 Å². The number of rotatable bonds is 3. The van der Waals surface area contributed by atoms with E-state index < -0.39 is 17.7 Å². The van der Waals surface area contributed by atoms with Gasteiger partial charge in [0.05, 0.1) is 6.54 Å². The second-order valence-corrected chi connectivity index (χ2v) is 4.07. The Labute approximate surface area is 103 Å². The maximum atomic E-state index is 13.5. The van der Waals surface area contributed by atoms with Crippen LogP contribution in [0.4, 0.5) is 8.78 Å². The maximum absolute atomic E-state index is 13.5. The molecule has 1 heterocycles. The third-order valence-corrected chi connectivity index (χ3v) is 2.63. The number of aliphatic hydroxyl groups excluding tert-OH is 1. The van der Waals surface area contributed by atoms with Crippen molar-refractivity contribution in [3.05, 3.63) is 47.0 Å². The lowest BCUT2D eigenvalue weighted by Crippen LogP contribution is -2.13. The van der Waals surface area contributed by atoms with Crippen LogP contribution in [0, 0.1) is 25.5 Å². The van der Waals surface area contributed by atoms with Gasteiger partial charge in [0.1, 0.15) is 29.4 Å². The average molecular weight is 253 g/mol. The highest BCUT2D eigenvalue weighted by atomic mass is 19.1. The van der Waals surface area contributed by atoms with Crippen LogP contribution >= 0.6 is 0 Å². The predicted molar refractivity (Wildman–Crippen MR) is 60.8 cm³/mol. The number of aromatic nitrogens is 3. The van der Waals surface area contributed by atoms with Crippen LogP contribution < -0.4 is 0 Å². The van der Waals surface area contributed by atoms with Gasteiger partial charge >= 0.3 is 0 Å². The quantitative estimate of drug-likeness (QED) is 0.909. The van der Waals surface area contributed by atoms with Crippen molar-refractivity contribution in [3.8, 4) is 0 Å². The van der Waals surface area contributed by atoms with Crippen LogP contribution in [0.1, 0.15) is 23.3 Å². The van der Waals surface area contributed by atoms with Gasteiger partial charge in [0.2, 0.25) is 0 Å². The first kappa shape index (κ1) is 12.6. The van der Waals surface area contributed by atoms with E-state index in [1.165, 1.54) is 10.7 Å². The largest absolute Gasteiger partial charge is 0.386 e. The molecule has 0 aliphatic carbocycles. The number of benzene rings is 1. The summed E-state index contributed by atoms with van der Waals surface area (Å²) in [6.07, 6.45) is -1.09. The van der Waals surface area contributed by atoms with E-state index in [1.807, 2.05) is 0 Å². The van der Waals surface area contributed by atoms with Crippen LogP contribution in [-0.2, 0) is 6.54 Å². The van der Waals surface area contributed by atoms with E-state index in [2.05, 4.69) is 10.1 Å². The van der Waals surface area contributed by atoms with Gasteiger partial charge in [-0.2, -0.15) is 5.10 Å². The number of hydrogen-bond acceptors (Lipinski definition) is 3. The molecule has 0 amide bonds. The van der Waals surface area contributed by atoms with E-state index in [4.69, 9.17) is 0 Å². The summed E-state index contributed by atoms with van der Waals surface area (Å²) in [5.74, 6) is -0.221. The van der Waals surface area contributed by atoms with Gasteiger partial charge in [-0.25, -0.2) is 18.4 Å². The zero-order valence-electron chi connectivity index (χ0n) is 10.1. The molecule has 6 heteroatoms. The maximum Gasteiger partial charge on any atom is 0.147 e. The molecule has 0 fully saturated rings. The van der Waals surface area contributed by atoms with E-state index in [9.17, 15) is 13.9 Å². The van der Waals surface area contributed by atoms with Crippen molar-refractivity contribution in [3.63, 3.8) is 0 Å². The Hall–Kier alpha value is -1.82. The minimum Gasteiger partial charge on any atom is -0.386 e. The molecule has 1 aromatic carbocycles. The topological polar surface area (TPSA) is 50.9 Å². The first-order chi connectivity index (χ1) is 8.47. The summed E-state index contributed by atoms with van der Waals surface area (Å²) in [5, 5.41) is 14.0. The molecule has 2 aromatic rings. The molecule has 0 aliphatic heterocycles. The average Bonchev–Trinajstić information content (AvgIpc) is 2.57. The normalized spacial score (nSPS) is 12.7. The van der Waals surface area contributed by atoms with Crippen LogP contribution in [0.5, 0.6) is 0 Å². The van der Waals surface area contributed by atoms with E-state index in [0.29, 0.717) is 11.6 Å². The lowest BCUT2D eigenvalue weighted by molar-refractivity contribution is 0.146. The van der Waals surface area contributed by atoms with Crippen molar-refractivity contribution < 1.29 is 13.9 Å². The zero-order valence-corrected chi connectivity index (χ0v) is 10.1. The Balaban J connectivity index is 2.21. The molecule has 1 atom stereocenters. The van der Waals surface area contributed by atoms with Crippen LogP contribution in [-0.4, -0.2) is 19.9 Å². The van der Waals surface area contributed by atoms with Gasteiger partial charge in [-0.3, -0.25) is 0 Å². The molecule has 0 saturated heterocycles. The van der Waals surface area contributed by atoms with E-state index >= 15 is 0 Å². The highest BCUT2D eigenvalue weighted by Gasteiger charge is 2.16. The molecule has 0 bridgehead atoms. The molecular formula is C12H13F2N3O. The molecule has 96 valence electrons. The van der Waals surface area contributed by atoms with Gasteiger partial charge in [0.25, 0.3) is 0 Å². The fraction of sp³-hybridized carbons (Fsp3) is 0.333. The van der Waals surface area contributed by atoms with E-state index in [-0.39, 0.29) is 12.1 Å². The molecular weight excluding hydrogens is 240 g/mol. The molecule has 1 aromatic heterocycles. The first-order valence-electron chi connectivity index (χ1n) is 5.48. The van der Waals surface area contributed by atoms with Crippen molar-refractivity contribution in [1.29, 1.82) is 0 Å². The van der Waals surface area contributed by atoms with Gasteiger partial charge < -0.3 is 5.11 Å². The highest BCUT2D eigenvalue weighted by Crippen LogP contribution is 2.19. The minimum absolute atomic E-state index is 0.0453. The third kappa shape index (κ3) is 2.53. The van der Waals surface area contributed by atoms with Crippen molar-refractivity contribution >= 4 is 0 Å². The number of nitrogens with zero attached hydrogens (tertiary/aromatic N) is 3. The molecule has 0 spiro atoms. The lowest BCUT2D eigenvalue weighted by atomic mass is 10.1. The molecule has 18 heavy (non-hydrogen) atoms. The predicted octanol–water partition coefficient (Wildman–Crippen LogP) is 1.91. The standard InChI is InChI=1S/C12H13F2N3O/c1-7-15-8(2)17(16-7)6-12(18)10-4-3-9(13)5-11(10)14/h3-5,12,18H,6H2,1-2H3. The van der Waals surface area contributed by atoms with Crippen molar-refractivity contribution in [1.82, 2.24) is 14.8 Å². The second kappa shape index (κ2) is 4.81.